The molecule has 2 rings (SSSR count). The van der Waals surface area contributed by atoms with Crippen molar-refractivity contribution in [2.24, 2.45) is 5.92 Å². The van der Waals surface area contributed by atoms with Crippen LogP contribution in [0.4, 0.5) is 4.39 Å². The van der Waals surface area contributed by atoms with Gasteiger partial charge >= 0.3 is 0 Å². The predicted molar refractivity (Wildman–Crippen MR) is 61.7 cm³/mol. The lowest BCUT2D eigenvalue weighted by Crippen LogP contribution is -2.08. The van der Waals surface area contributed by atoms with E-state index in [9.17, 15) is 9.18 Å². The summed E-state index contributed by atoms with van der Waals surface area (Å²) < 4.78 is 12.7. The number of Topliss-reactive ketones (excluding diaryl/α,β-unsaturated/α-hetero) is 1. The number of rotatable bonds is 2. The van der Waals surface area contributed by atoms with Crippen LogP contribution in [0.25, 0.3) is 0 Å². The molecule has 1 nitrogen and oxygen atoms in total. The molecule has 1 aromatic rings. The Labute approximate surface area is 95.7 Å². The lowest BCUT2D eigenvalue weighted by atomic mass is 9.92. The van der Waals surface area contributed by atoms with Crippen LogP contribution in [0.1, 0.15) is 37.7 Å². The average molecular weight is 220 g/mol. The lowest BCUT2D eigenvalue weighted by molar-refractivity contribution is -0.119. The Kier molecular flexibility index (Phi) is 3.70. The molecule has 1 aliphatic rings. The Morgan fingerprint density at radius 2 is 1.94 bits per heavy atom. The Hall–Kier alpha value is -1.18. The molecule has 1 unspecified atom stereocenters. The van der Waals surface area contributed by atoms with Gasteiger partial charge in [-0.25, -0.2) is 4.39 Å². The normalized spacial score (nSPS) is 21.8. The van der Waals surface area contributed by atoms with Crippen LogP contribution in [0, 0.1) is 11.7 Å². The molecule has 1 aliphatic carbocycles. The Balaban J connectivity index is 1.97. The number of hydrogen-bond donors (Lipinski definition) is 0. The molecular weight excluding hydrogens is 203 g/mol. The molecule has 86 valence electrons. The van der Waals surface area contributed by atoms with E-state index in [1.807, 2.05) is 12.1 Å². The Bertz CT molecular complexity index is 356. The predicted octanol–water partition coefficient (Wildman–Crippen LogP) is 3.52. The molecule has 1 fully saturated rings. The van der Waals surface area contributed by atoms with Gasteiger partial charge in [0.25, 0.3) is 0 Å². The Morgan fingerprint density at radius 3 is 2.69 bits per heavy atom. The summed E-state index contributed by atoms with van der Waals surface area (Å²) in [5.74, 6) is 0.658. The Morgan fingerprint density at radius 1 is 1.19 bits per heavy atom. The van der Waals surface area contributed by atoms with Crippen LogP contribution < -0.4 is 0 Å². The third kappa shape index (κ3) is 3.16. The van der Waals surface area contributed by atoms with E-state index in [0.29, 0.717) is 18.1 Å². The molecule has 0 aromatic heterocycles. The van der Waals surface area contributed by atoms with Crippen molar-refractivity contribution in [3.8, 4) is 0 Å². The highest BCUT2D eigenvalue weighted by Gasteiger charge is 2.17. The molecule has 16 heavy (non-hydrogen) atoms. The van der Waals surface area contributed by atoms with Crippen LogP contribution >= 0.6 is 0 Å². The molecule has 0 heterocycles. The second-order valence-corrected chi connectivity index (χ2v) is 4.69. The molecule has 1 atom stereocenters. The zero-order valence-corrected chi connectivity index (χ0v) is 9.42. The molecule has 0 spiro atoms. The first kappa shape index (κ1) is 11.3. The second-order valence-electron chi connectivity index (χ2n) is 4.69. The van der Waals surface area contributed by atoms with E-state index >= 15 is 0 Å². The minimum atomic E-state index is -0.194. The van der Waals surface area contributed by atoms with E-state index in [1.165, 1.54) is 12.1 Å². The topological polar surface area (TPSA) is 17.1 Å². The summed E-state index contributed by atoms with van der Waals surface area (Å²) >= 11 is 0. The third-order valence-electron chi connectivity index (χ3n) is 3.27. The highest BCUT2D eigenvalue weighted by Crippen LogP contribution is 2.24. The van der Waals surface area contributed by atoms with E-state index in [2.05, 4.69) is 0 Å². The maximum atomic E-state index is 12.7. The largest absolute Gasteiger partial charge is 0.300 e. The summed E-state index contributed by atoms with van der Waals surface area (Å²) in [4.78, 5) is 11.5. The van der Waals surface area contributed by atoms with E-state index in [-0.39, 0.29) is 5.82 Å². The summed E-state index contributed by atoms with van der Waals surface area (Å²) in [5, 5.41) is 0. The zero-order chi connectivity index (χ0) is 11.4. The van der Waals surface area contributed by atoms with Crippen LogP contribution in [-0.4, -0.2) is 5.78 Å². The number of carbonyl (C=O) groups is 1. The van der Waals surface area contributed by atoms with E-state index in [0.717, 1.165) is 37.7 Å². The molecule has 2 heteroatoms. The zero-order valence-electron chi connectivity index (χ0n) is 9.42. The quantitative estimate of drug-likeness (QED) is 0.697. The first-order valence-corrected chi connectivity index (χ1v) is 6.00. The molecule has 1 saturated carbocycles. The average Bonchev–Trinajstić information content (AvgIpc) is 2.46. The molecule has 0 bridgehead atoms. The SMILES string of the molecule is O=C1CCCCC(Cc2ccc(F)cc2)C1. The molecular formula is C14H17FO. The van der Waals surface area contributed by atoms with E-state index < -0.39 is 0 Å². The van der Waals surface area contributed by atoms with Gasteiger partial charge in [-0.15, -0.1) is 0 Å². The summed E-state index contributed by atoms with van der Waals surface area (Å²) in [5.41, 5.74) is 1.14. The van der Waals surface area contributed by atoms with Crippen LogP contribution in [0.5, 0.6) is 0 Å². The number of benzene rings is 1. The van der Waals surface area contributed by atoms with Gasteiger partial charge in [0.1, 0.15) is 11.6 Å². The fraction of sp³-hybridized carbons (Fsp3) is 0.500. The minimum Gasteiger partial charge on any atom is -0.300 e. The minimum absolute atomic E-state index is 0.194. The maximum absolute atomic E-state index is 12.7. The van der Waals surface area contributed by atoms with Gasteiger partial charge in [0.05, 0.1) is 0 Å². The maximum Gasteiger partial charge on any atom is 0.133 e. The van der Waals surface area contributed by atoms with Crippen molar-refractivity contribution in [3.63, 3.8) is 0 Å². The molecule has 0 saturated heterocycles. The highest BCUT2D eigenvalue weighted by molar-refractivity contribution is 5.78. The van der Waals surface area contributed by atoms with Crippen molar-refractivity contribution >= 4 is 5.78 Å². The highest BCUT2D eigenvalue weighted by atomic mass is 19.1. The van der Waals surface area contributed by atoms with E-state index in [1.54, 1.807) is 0 Å². The van der Waals surface area contributed by atoms with Gasteiger partial charge < -0.3 is 0 Å². The molecule has 0 amide bonds. The molecule has 0 N–H and O–H groups in total. The van der Waals surface area contributed by atoms with Crippen LogP contribution in [0.3, 0.4) is 0 Å². The fourth-order valence-electron chi connectivity index (χ4n) is 2.41. The molecule has 0 aliphatic heterocycles. The number of halogens is 1. The van der Waals surface area contributed by atoms with Crippen LogP contribution in [0.2, 0.25) is 0 Å². The van der Waals surface area contributed by atoms with Gasteiger partial charge in [0, 0.05) is 12.8 Å². The number of carbonyl (C=O) groups excluding carboxylic acids is 1. The van der Waals surface area contributed by atoms with Gasteiger partial charge in [-0.2, -0.15) is 0 Å². The second kappa shape index (κ2) is 5.24. The van der Waals surface area contributed by atoms with Crippen LogP contribution in [0.15, 0.2) is 24.3 Å². The fourth-order valence-corrected chi connectivity index (χ4v) is 2.41. The van der Waals surface area contributed by atoms with Gasteiger partial charge in [-0.3, -0.25) is 4.79 Å². The summed E-state index contributed by atoms with van der Waals surface area (Å²) in [6, 6.07) is 6.64. The number of hydrogen-bond acceptors (Lipinski definition) is 1. The first-order chi connectivity index (χ1) is 7.74. The molecule has 0 radical (unpaired) electrons. The summed E-state index contributed by atoms with van der Waals surface area (Å²) in [6.45, 7) is 0. The standard InChI is InChI=1S/C14H17FO/c15-13-7-5-11(6-8-13)9-12-3-1-2-4-14(16)10-12/h5-8,12H,1-4,9-10H2. The third-order valence-corrected chi connectivity index (χ3v) is 3.27. The van der Waals surface area contributed by atoms with Crippen molar-refractivity contribution < 1.29 is 9.18 Å². The van der Waals surface area contributed by atoms with Crippen molar-refractivity contribution in [2.45, 2.75) is 38.5 Å². The van der Waals surface area contributed by atoms with Gasteiger partial charge in [0.2, 0.25) is 0 Å². The summed E-state index contributed by atoms with van der Waals surface area (Å²) in [6.07, 6.45) is 5.68. The summed E-state index contributed by atoms with van der Waals surface area (Å²) in [7, 11) is 0. The van der Waals surface area contributed by atoms with Crippen LogP contribution in [-0.2, 0) is 11.2 Å². The number of ketones is 1. The smallest absolute Gasteiger partial charge is 0.133 e. The van der Waals surface area contributed by atoms with Crippen molar-refractivity contribution in [3.05, 3.63) is 35.6 Å². The van der Waals surface area contributed by atoms with Crippen molar-refractivity contribution in [1.82, 2.24) is 0 Å². The first-order valence-electron chi connectivity index (χ1n) is 6.00. The van der Waals surface area contributed by atoms with Gasteiger partial charge in [-0.1, -0.05) is 18.6 Å². The molecule has 1 aromatic carbocycles. The lowest BCUT2D eigenvalue weighted by Gasteiger charge is -2.12. The van der Waals surface area contributed by atoms with E-state index in [4.69, 9.17) is 0 Å². The monoisotopic (exact) mass is 220 g/mol. The van der Waals surface area contributed by atoms with Gasteiger partial charge in [-0.05, 0) is 42.9 Å². The van der Waals surface area contributed by atoms with Gasteiger partial charge in [0.15, 0.2) is 0 Å². The van der Waals surface area contributed by atoms with Crippen molar-refractivity contribution in [1.29, 1.82) is 0 Å². The van der Waals surface area contributed by atoms with Crippen molar-refractivity contribution in [2.75, 3.05) is 0 Å².